The number of sulfonamides is 1. The van der Waals surface area contributed by atoms with Crippen molar-refractivity contribution in [2.75, 3.05) is 5.32 Å². The number of halogens is 1. The molecule has 0 saturated heterocycles. The summed E-state index contributed by atoms with van der Waals surface area (Å²) < 4.78 is 27.9. The molecule has 0 aliphatic carbocycles. The topological polar surface area (TPSA) is 118 Å². The number of aromatic hydroxyl groups is 1. The van der Waals surface area contributed by atoms with Crippen LogP contribution in [0.5, 0.6) is 5.75 Å². The highest BCUT2D eigenvalue weighted by Crippen LogP contribution is 2.28. The summed E-state index contributed by atoms with van der Waals surface area (Å²) in [5.74, 6) is 0.000617. The fourth-order valence-electron chi connectivity index (χ4n) is 3.23. The lowest BCUT2D eigenvalue weighted by atomic mass is 10.1. The van der Waals surface area contributed by atoms with Crippen LogP contribution in [0.15, 0.2) is 69.7 Å². The van der Waals surface area contributed by atoms with Gasteiger partial charge in [-0.3, -0.25) is 9.36 Å². The molecule has 0 saturated carbocycles. The lowest BCUT2D eigenvalue weighted by Crippen LogP contribution is -2.33. The molecular weight excluding hydrogens is 474 g/mol. The Morgan fingerprint density at radius 3 is 2.31 bits per heavy atom. The Balaban J connectivity index is 1.58. The van der Waals surface area contributed by atoms with Crippen LogP contribution in [0.25, 0.3) is 16.5 Å². The number of carbonyl (C=O) groups excluding carboxylic acids is 1. The van der Waals surface area contributed by atoms with E-state index in [1.807, 2.05) is 4.72 Å². The van der Waals surface area contributed by atoms with Crippen LogP contribution in [0.1, 0.15) is 5.69 Å². The molecule has 0 spiro atoms. The van der Waals surface area contributed by atoms with E-state index < -0.39 is 16.1 Å². The molecule has 4 rings (SSSR count). The van der Waals surface area contributed by atoms with Crippen LogP contribution in [-0.2, 0) is 10.0 Å². The quantitative estimate of drug-likeness (QED) is 0.396. The summed E-state index contributed by atoms with van der Waals surface area (Å²) >= 11 is 6.58. The number of benzene rings is 2. The van der Waals surface area contributed by atoms with E-state index in [0.29, 0.717) is 27.8 Å². The zero-order valence-electron chi connectivity index (χ0n) is 16.5. The van der Waals surface area contributed by atoms with E-state index in [9.17, 15) is 23.1 Å². The highest BCUT2D eigenvalue weighted by Gasteiger charge is 2.20. The van der Waals surface area contributed by atoms with Gasteiger partial charge >= 0.3 is 6.03 Å². The minimum Gasteiger partial charge on any atom is -0.505 e. The summed E-state index contributed by atoms with van der Waals surface area (Å²) in [4.78, 5) is 25.1. The normalized spacial score (nSPS) is 11.4. The number of hydrogen-bond donors (Lipinski definition) is 3. The van der Waals surface area contributed by atoms with Gasteiger partial charge in [-0.1, -0.05) is 29.8 Å². The van der Waals surface area contributed by atoms with Crippen molar-refractivity contribution in [2.45, 2.75) is 11.1 Å². The summed E-state index contributed by atoms with van der Waals surface area (Å²) in [6.45, 7) is 1.63. The van der Waals surface area contributed by atoms with Crippen molar-refractivity contribution in [3.8, 4) is 11.4 Å². The molecule has 2 amide bonds. The van der Waals surface area contributed by atoms with E-state index in [0.717, 1.165) is 11.3 Å². The van der Waals surface area contributed by atoms with Crippen molar-refractivity contribution in [3.05, 3.63) is 81.0 Å². The van der Waals surface area contributed by atoms with Crippen LogP contribution in [0.4, 0.5) is 10.5 Å². The molecule has 2 heterocycles. The Morgan fingerprint density at radius 1 is 1.03 bits per heavy atom. The molecule has 0 unspecified atom stereocenters. The molecule has 2 aromatic carbocycles. The first-order valence-electron chi connectivity index (χ1n) is 9.20. The van der Waals surface area contributed by atoms with E-state index in [4.69, 9.17) is 11.6 Å². The molecule has 0 aliphatic heterocycles. The third-order valence-corrected chi connectivity index (χ3v) is 7.77. The number of thiophene rings is 1. The monoisotopic (exact) mass is 489 g/mol. The van der Waals surface area contributed by atoms with Gasteiger partial charge in [0, 0.05) is 16.8 Å². The molecule has 0 radical (unpaired) electrons. The molecule has 32 heavy (non-hydrogen) atoms. The van der Waals surface area contributed by atoms with Gasteiger partial charge in [0.15, 0.2) is 0 Å². The molecule has 0 atom stereocenters. The first-order chi connectivity index (χ1) is 15.2. The van der Waals surface area contributed by atoms with Crippen molar-refractivity contribution in [1.82, 2.24) is 9.29 Å². The number of nitrogens with zero attached hydrogens (tertiary/aromatic N) is 1. The number of amides is 2. The van der Waals surface area contributed by atoms with Gasteiger partial charge in [-0.2, -0.15) is 0 Å². The minimum atomic E-state index is -4.05. The first-order valence-corrected chi connectivity index (χ1v) is 11.9. The van der Waals surface area contributed by atoms with Crippen LogP contribution < -0.4 is 15.6 Å². The van der Waals surface area contributed by atoms with E-state index in [-0.39, 0.29) is 19.9 Å². The zero-order chi connectivity index (χ0) is 23.0. The number of nitrogens with one attached hydrogen (secondary N) is 2. The molecule has 11 heteroatoms. The van der Waals surface area contributed by atoms with Crippen LogP contribution >= 0.6 is 22.9 Å². The van der Waals surface area contributed by atoms with Crippen molar-refractivity contribution >= 4 is 55.5 Å². The molecule has 164 valence electrons. The second-order valence-electron chi connectivity index (χ2n) is 6.79. The Morgan fingerprint density at radius 2 is 1.69 bits per heavy atom. The minimum absolute atomic E-state index is 0.000617. The largest absolute Gasteiger partial charge is 0.505 e. The predicted molar refractivity (Wildman–Crippen MR) is 125 cm³/mol. The highest BCUT2D eigenvalue weighted by molar-refractivity contribution is 7.92. The second kappa shape index (κ2) is 8.30. The van der Waals surface area contributed by atoms with Crippen LogP contribution in [-0.4, -0.2) is 24.1 Å². The predicted octanol–water partition coefficient (Wildman–Crippen LogP) is 4.23. The maximum Gasteiger partial charge on any atom is 0.333 e. The molecule has 4 aromatic rings. The van der Waals surface area contributed by atoms with Gasteiger partial charge in [0.2, 0.25) is 0 Å². The maximum atomic E-state index is 13.0. The van der Waals surface area contributed by atoms with Crippen molar-refractivity contribution in [2.24, 2.45) is 0 Å². The SMILES string of the molecule is Cc1c(O)c2ccccc2c(=O)n1-c1ccc(NC(=O)NS(=O)(=O)c2ccc(Cl)s2)cc1. The molecule has 8 nitrogen and oxygen atoms in total. The van der Waals surface area contributed by atoms with Gasteiger partial charge in [-0.05, 0) is 49.4 Å². The number of anilines is 1. The molecule has 2 aromatic heterocycles. The number of fused-ring (bicyclic) bond motifs is 1. The van der Waals surface area contributed by atoms with Crippen molar-refractivity contribution in [3.63, 3.8) is 0 Å². The number of urea groups is 1. The molecule has 0 bridgehead atoms. The average molecular weight is 490 g/mol. The lowest BCUT2D eigenvalue weighted by Gasteiger charge is -2.14. The van der Waals surface area contributed by atoms with E-state index in [1.54, 1.807) is 43.3 Å². The molecule has 0 fully saturated rings. The third kappa shape index (κ3) is 4.07. The Kier molecular flexibility index (Phi) is 5.68. The lowest BCUT2D eigenvalue weighted by molar-refractivity contribution is 0.256. The van der Waals surface area contributed by atoms with E-state index in [1.165, 1.54) is 28.8 Å². The van der Waals surface area contributed by atoms with Crippen LogP contribution in [0.3, 0.4) is 0 Å². The van der Waals surface area contributed by atoms with Crippen molar-refractivity contribution in [1.29, 1.82) is 0 Å². The third-order valence-electron chi connectivity index (χ3n) is 4.72. The summed E-state index contributed by atoms with van der Waals surface area (Å²) in [5, 5.41) is 13.8. The summed E-state index contributed by atoms with van der Waals surface area (Å²) in [5.41, 5.74) is 0.852. The zero-order valence-corrected chi connectivity index (χ0v) is 18.9. The highest BCUT2D eigenvalue weighted by atomic mass is 35.5. The molecule has 0 aliphatic rings. The standard InChI is InChI=1S/C21H16ClN3O5S2/c1-12-19(26)15-4-2-3-5-16(15)20(27)25(12)14-8-6-13(7-9-14)23-21(28)24-32(29,30)18-11-10-17(22)31-18/h2-11,26H,1H3,(H2,23,24,28). The van der Waals surface area contributed by atoms with Gasteiger partial charge in [0.25, 0.3) is 15.6 Å². The number of hydrogen-bond acceptors (Lipinski definition) is 6. The average Bonchev–Trinajstić information content (AvgIpc) is 3.20. The first kappa shape index (κ1) is 21.9. The number of rotatable bonds is 4. The van der Waals surface area contributed by atoms with Gasteiger partial charge in [-0.25, -0.2) is 17.9 Å². The van der Waals surface area contributed by atoms with E-state index >= 15 is 0 Å². The Labute approximate surface area is 191 Å². The maximum absolute atomic E-state index is 13.0. The Bertz CT molecular complexity index is 1510. The van der Waals surface area contributed by atoms with Crippen molar-refractivity contribution < 1.29 is 18.3 Å². The fraction of sp³-hybridized carbons (Fsp3) is 0.0476. The molecule has 3 N–H and O–H groups in total. The van der Waals surface area contributed by atoms with Crippen LogP contribution in [0.2, 0.25) is 4.34 Å². The van der Waals surface area contributed by atoms with Gasteiger partial charge in [0.05, 0.1) is 15.4 Å². The number of aromatic nitrogens is 1. The number of pyridine rings is 1. The Hall–Kier alpha value is -3.34. The van der Waals surface area contributed by atoms with Gasteiger partial charge < -0.3 is 10.4 Å². The fourth-order valence-corrected chi connectivity index (χ4v) is 5.62. The second-order valence-corrected chi connectivity index (χ2v) is 10.4. The summed E-state index contributed by atoms with van der Waals surface area (Å²) in [6.07, 6.45) is 0. The van der Waals surface area contributed by atoms with Gasteiger partial charge in [-0.15, -0.1) is 11.3 Å². The molecular formula is C21H16ClN3O5S2. The van der Waals surface area contributed by atoms with Crippen LogP contribution in [0, 0.1) is 6.92 Å². The number of carbonyl (C=O) groups is 1. The van der Waals surface area contributed by atoms with E-state index in [2.05, 4.69) is 5.32 Å². The smallest absolute Gasteiger partial charge is 0.333 e. The van der Waals surface area contributed by atoms with Gasteiger partial charge in [0.1, 0.15) is 9.96 Å². The summed E-state index contributed by atoms with van der Waals surface area (Å²) in [6, 6.07) is 14.7. The summed E-state index contributed by atoms with van der Waals surface area (Å²) in [7, 11) is -4.05.